The molecule has 0 saturated carbocycles. The molecule has 5 heteroatoms. The molecular weight excluding hydrogens is 217 g/mol. The van der Waals surface area contributed by atoms with E-state index in [0.717, 1.165) is 5.46 Å². The molecule has 4 nitrogen and oxygen atoms in total. The van der Waals surface area contributed by atoms with Gasteiger partial charge in [-0.05, 0) is 33.8 Å². The smallest absolute Gasteiger partial charge is 0.496 e. The van der Waals surface area contributed by atoms with Crippen LogP contribution >= 0.6 is 0 Å². The van der Waals surface area contributed by atoms with Crippen molar-refractivity contribution in [2.24, 2.45) is 0 Å². The van der Waals surface area contributed by atoms with E-state index in [4.69, 9.17) is 14.0 Å². The van der Waals surface area contributed by atoms with Crippen molar-refractivity contribution in [1.29, 1.82) is 0 Å². The van der Waals surface area contributed by atoms with Crippen molar-refractivity contribution < 1.29 is 14.0 Å². The molecule has 0 amide bonds. The maximum Gasteiger partial charge on any atom is 0.498 e. The first kappa shape index (κ1) is 12.4. The SMILES string of the molecule is COc1cnccc1B1OC(C)(C)C(C)(C)O1. The minimum Gasteiger partial charge on any atom is -0.496 e. The molecule has 2 heterocycles. The lowest BCUT2D eigenvalue weighted by atomic mass is 9.79. The van der Waals surface area contributed by atoms with Gasteiger partial charge in [-0.3, -0.25) is 4.98 Å². The summed E-state index contributed by atoms with van der Waals surface area (Å²) < 4.78 is 17.2. The Morgan fingerprint density at radius 1 is 1.18 bits per heavy atom. The predicted molar refractivity (Wildman–Crippen MR) is 66.5 cm³/mol. The van der Waals surface area contributed by atoms with Gasteiger partial charge in [-0.25, -0.2) is 0 Å². The topological polar surface area (TPSA) is 40.6 Å². The summed E-state index contributed by atoms with van der Waals surface area (Å²) in [6.45, 7) is 8.11. The molecule has 0 N–H and O–H groups in total. The van der Waals surface area contributed by atoms with E-state index in [1.54, 1.807) is 19.5 Å². The van der Waals surface area contributed by atoms with E-state index in [0.29, 0.717) is 5.75 Å². The third-order valence-corrected chi connectivity index (χ3v) is 3.54. The van der Waals surface area contributed by atoms with Crippen molar-refractivity contribution >= 4 is 12.6 Å². The number of rotatable bonds is 2. The summed E-state index contributed by atoms with van der Waals surface area (Å²) in [7, 11) is 1.21. The van der Waals surface area contributed by atoms with Crippen molar-refractivity contribution in [1.82, 2.24) is 4.98 Å². The maximum absolute atomic E-state index is 5.96. The lowest BCUT2D eigenvalue weighted by molar-refractivity contribution is 0.00578. The second-order valence-electron chi connectivity index (χ2n) is 5.21. The van der Waals surface area contributed by atoms with Crippen LogP contribution in [0.5, 0.6) is 5.75 Å². The van der Waals surface area contributed by atoms with Gasteiger partial charge in [0, 0.05) is 11.7 Å². The van der Waals surface area contributed by atoms with Crippen LogP contribution < -0.4 is 10.2 Å². The number of nitrogens with zero attached hydrogens (tertiary/aromatic N) is 1. The molecule has 0 radical (unpaired) electrons. The molecule has 1 aromatic rings. The molecule has 1 fully saturated rings. The Kier molecular flexibility index (Phi) is 2.91. The number of pyridine rings is 1. The van der Waals surface area contributed by atoms with Gasteiger partial charge in [0.15, 0.2) is 0 Å². The second-order valence-corrected chi connectivity index (χ2v) is 5.21. The number of methoxy groups -OCH3 is 1. The van der Waals surface area contributed by atoms with Gasteiger partial charge in [-0.2, -0.15) is 0 Å². The Balaban J connectivity index is 2.32. The summed E-state index contributed by atoms with van der Waals surface area (Å²) in [6, 6.07) is 1.86. The van der Waals surface area contributed by atoms with Gasteiger partial charge in [0.25, 0.3) is 0 Å². The summed E-state index contributed by atoms with van der Waals surface area (Å²) in [6.07, 6.45) is 3.38. The standard InChI is InChI=1S/C12H18BNO3/c1-11(2)12(3,4)17-13(16-11)9-6-7-14-8-10(9)15-5/h6-8H,1-5H3. The molecule has 2 rings (SSSR count). The van der Waals surface area contributed by atoms with Crippen LogP contribution in [0.15, 0.2) is 18.5 Å². The fourth-order valence-electron chi connectivity index (χ4n) is 1.73. The molecule has 1 aliphatic heterocycles. The number of hydrogen-bond donors (Lipinski definition) is 0. The molecular formula is C12H18BNO3. The highest BCUT2D eigenvalue weighted by Crippen LogP contribution is 2.36. The van der Waals surface area contributed by atoms with Gasteiger partial charge in [-0.15, -0.1) is 0 Å². The monoisotopic (exact) mass is 235 g/mol. The van der Waals surface area contributed by atoms with Gasteiger partial charge in [-0.1, -0.05) is 0 Å². The van der Waals surface area contributed by atoms with Crippen LogP contribution in [0.1, 0.15) is 27.7 Å². The van der Waals surface area contributed by atoms with Crippen LogP contribution in [0, 0.1) is 0 Å². The zero-order valence-electron chi connectivity index (χ0n) is 11.0. The van der Waals surface area contributed by atoms with Crippen LogP contribution in [0.3, 0.4) is 0 Å². The van der Waals surface area contributed by atoms with Crippen molar-refractivity contribution in [3.05, 3.63) is 18.5 Å². The Morgan fingerprint density at radius 2 is 1.76 bits per heavy atom. The van der Waals surface area contributed by atoms with Crippen LogP contribution in [0.4, 0.5) is 0 Å². The van der Waals surface area contributed by atoms with Gasteiger partial charge in [0.1, 0.15) is 5.75 Å². The van der Waals surface area contributed by atoms with Gasteiger partial charge in [0.05, 0.1) is 24.5 Å². The quantitative estimate of drug-likeness (QED) is 0.726. The van der Waals surface area contributed by atoms with Crippen LogP contribution in [0.2, 0.25) is 0 Å². The molecule has 0 bridgehead atoms. The number of ether oxygens (including phenoxy) is 1. The summed E-state index contributed by atoms with van der Waals surface area (Å²) in [5.41, 5.74) is 0.193. The highest BCUT2D eigenvalue weighted by Gasteiger charge is 2.52. The van der Waals surface area contributed by atoms with Crippen LogP contribution in [0.25, 0.3) is 0 Å². The zero-order chi connectivity index (χ0) is 12.7. The largest absolute Gasteiger partial charge is 0.498 e. The molecule has 1 aromatic heterocycles. The normalized spacial score (nSPS) is 21.6. The highest BCUT2D eigenvalue weighted by atomic mass is 16.7. The van der Waals surface area contributed by atoms with Gasteiger partial charge < -0.3 is 14.0 Å². The van der Waals surface area contributed by atoms with E-state index < -0.39 is 7.12 Å². The third-order valence-electron chi connectivity index (χ3n) is 3.54. The van der Waals surface area contributed by atoms with E-state index in [1.807, 2.05) is 33.8 Å². The molecule has 0 aromatic carbocycles. The Labute approximate surface area is 102 Å². The first-order valence-electron chi connectivity index (χ1n) is 5.71. The van der Waals surface area contributed by atoms with Crippen molar-refractivity contribution in [2.75, 3.05) is 7.11 Å². The number of aromatic nitrogens is 1. The lowest BCUT2D eigenvalue weighted by Gasteiger charge is -2.32. The summed E-state index contributed by atoms with van der Waals surface area (Å²) in [4.78, 5) is 4.02. The minimum absolute atomic E-state index is 0.341. The average molecular weight is 235 g/mol. The Bertz CT molecular complexity index is 404. The maximum atomic E-state index is 5.96. The Hall–Kier alpha value is -1.07. The molecule has 1 saturated heterocycles. The van der Waals surface area contributed by atoms with Crippen LogP contribution in [-0.2, 0) is 9.31 Å². The van der Waals surface area contributed by atoms with E-state index >= 15 is 0 Å². The average Bonchev–Trinajstić information content (AvgIpc) is 2.48. The Morgan fingerprint density at radius 3 is 2.29 bits per heavy atom. The van der Waals surface area contributed by atoms with E-state index in [9.17, 15) is 0 Å². The second kappa shape index (κ2) is 4.00. The molecule has 92 valence electrons. The zero-order valence-corrected chi connectivity index (χ0v) is 11.0. The van der Waals surface area contributed by atoms with Crippen LogP contribution in [-0.4, -0.2) is 30.4 Å². The van der Waals surface area contributed by atoms with E-state index in [-0.39, 0.29) is 11.2 Å². The van der Waals surface area contributed by atoms with E-state index in [2.05, 4.69) is 4.98 Å². The minimum atomic E-state index is -0.405. The molecule has 0 unspecified atom stereocenters. The first-order chi connectivity index (χ1) is 7.87. The molecule has 0 aliphatic carbocycles. The first-order valence-corrected chi connectivity index (χ1v) is 5.71. The number of hydrogen-bond acceptors (Lipinski definition) is 4. The van der Waals surface area contributed by atoms with E-state index in [1.165, 1.54) is 0 Å². The summed E-state index contributed by atoms with van der Waals surface area (Å²) >= 11 is 0. The van der Waals surface area contributed by atoms with Crippen molar-refractivity contribution in [3.8, 4) is 5.75 Å². The molecule has 1 aliphatic rings. The van der Waals surface area contributed by atoms with Crippen molar-refractivity contribution in [3.63, 3.8) is 0 Å². The highest BCUT2D eigenvalue weighted by molar-refractivity contribution is 6.63. The molecule has 0 spiro atoms. The summed E-state index contributed by atoms with van der Waals surface area (Å²) in [5.74, 6) is 0.686. The fourth-order valence-corrected chi connectivity index (χ4v) is 1.73. The van der Waals surface area contributed by atoms with Gasteiger partial charge in [0.2, 0.25) is 0 Å². The van der Waals surface area contributed by atoms with Crippen molar-refractivity contribution in [2.45, 2.75) is 38.9 Å². The summed E-state index contributed by atoms with van der Waals surface area (Å²) in [5, 5.41) is 0. The molecule has 17 heavy (non-hydrogen) atoms. The predicted octanol–water partition coefficient (Wildman–Crippen LogP) is 1.39. The molecule has 0 atom stereocenters. The third kappa shape index (κ3) is 2.05. The lowest BCUT2D eigenvalue weighted by Crippen LogP contribution is -2.41. The van der Waals surface area contributed by atoms with Gasteiger partial charge >= 0.3 is 7.12 Å². The fraction of sp³-hybridized carbons (Fsp3) is 0.583.